The van der Waals surface area contributed by atoms with Gasteiger partial charge in [-0.05, 0) is 30.0 Å². The minimum Gasteiger partial charge on any atom is -0.480 e. The van der Waals surface area contributed by atoms with Crippen LogP contribution in [0.25, 0.3) is 0 Å². The number of benzene rings is 1. The molecule has 0 aliphatic carbocycles. The van der Waals surface area contributed by atoms with Crippen LogP contribution in [0.4, 0.5) is 0 Å². The summed E-state index contributed by atoms with van der Waals surface area (Å²) in [6, 6.07) is 4.10. The van der Waals surface area contributed by atoms with Crippen LogP contribution in [-0.2, 0) is 30.4 Å². The van der Waals surface area contributed by atoms with Gasteiger partial charge >= 0.3 is 5.97 Å². The number of sulfone groups is 1. The van der Waals surface area contributed by atoms with Crippen molar-refractivity contribution in [2.45, 2.75) is 37.0 Å². The first kappa shape index (κ1) is 19.6. The van der Waals surface area contributed by atoms with Crippen molar-refractivity contribution in [2.24, 2.45) is 5.92 Å². The molecule has 1 aromatic rings. The Balaban J connectivity index is 2.97. The lowest BCUT2D eigenvalue weighted by Crippen LogP contribution is -2.41. The van der Waals surface area contributed by atoms with Crippen molar-refractivity contribution in [3.63, 3.8) is 0 Å². The summed E-state index contributed by atoms with van der Waals surface area (Å²) in [5.41, 5.74) is 0.461. The van der Waals surface area contributed by atoms with Crippen molar-refractivity contribution in [1.82, 2.24) is 4.72 Å². The minimum absolute atomic E-state index is 0.0101. The van der Waals surface area contributed by atoms with Gasteiger partial charge in [-0.1, -0.05) is 26.0 Å². The third kappa shape index (κ3) is 6.67. The summed E-state index contributed by atoms with van der Waals surface area (Å²) in [5, 5.41) is 9.11. The summed E-state index contributed by atoms with van der Waals surface area (Å²) in [4.78, 5) is 11.1. The topological polar surface area (TPSA) is 118 Å². The van der Waals surface area contributed by atoms with E-state index in [1.54, 1.807) is 13.8 Å². The number of hydrogen-bond donors (Lipinski definition) is 2. The molecule has 0 aliphatic heterocycles. The van der Waals surface area contributed by atoms with Gasteiger partial charge in [0.25, 0.3) is 0 Å². The van der Waals surface area contributed by atoms with E-state index in [9.17, 15) is 21.6 Å². The molecule has 1 atom stereocenters. The summed E-state index contributed by atoms with van der Waals surface area (Å²) in [7, 11) is -7.20. The molecule has 2 N–H and O–H groups in total. The van der Waals surface area contributed by atoms with Gasteiger partial charge < -0.3 is 5.11 Å². The SMILES string of the molecule is CC(C)C[C@H](NS(=O)(=O)c1ccc(CS(C)(=O)=O)cc1)C(=O)O. The zero-order valence-electron chi connectivity index (χ0n) is 13.2. The first-order valence-electron chi connectivity index (χ1n) is 6.92. The molecule has 23 heavy (non-hydrogen) atoms. The van der Waals surface area contributed by atoms with Crippen LogP contribution in [0, 0.1) is 5.92 Å². The molecule has 0 fully saturated rings. The maximum absolute atomic E-state index is 12.2. The van der Waals surface area contributed by atoms with Gasteiger partial charge in [0.05, 0.1) is 10.6 Å². The first-order chi connectivity index (χ1) is 10.4. The molecule has 0 radical (unpaired) electrons. The first-order valence-corrected chi connectivity index (χ1v) is 10.5. The zero-order valence-corrected chi connectivity index (χ0v) is 14.8. The van der Waals surface area contributed by atoms with Gasteiger partial charge in [-0.15, -0.1) is 0 Å². The van der Waals surface area contributed by atoms with Gasteiger partial charge in [-0.2, -0.15) is 4.72 Å². The molecule has 0 unspecified atom stereocenters. The third-order valence-corrected chi connectivity index (χ3v) is 5.31. The largest absolute Gasteiger partial charge is 0.480 e. The molecule has 0 spiro atoms. The van der Waals surface area contributed by atoms with Crippen LogP contribution >= 0.6 is 0 Å². The molecule has 0 bridgehead atoms. The molecule has 0 saturated carbocycles. The van der Waals surface area contributed by atoms with E-state index in [0.29, 0.717) is 5.56 Å². The Morgan fingerprint density at radius 1 is 1.13 bits per heavy atom. The number of sulfonamides is 1. The number of nitrogens with one attached hydrogen (secondary N) is 1. The molecular weight excluding hydrogens is 342 g/mol. The summed E-state index contributed by atoms with van der Waals surface area (Å²) in [6.45, 7) is 3.59. The molecule has 0 heterocycles. The molecule has 9 heteroatoms. The Morgan fingerprint density at radius 2 is 1.65 bits per heavy atom. The van der Waals surface area contributed by atoms with Gasteiger partial charge in [0.2, 0.25) is 10.0 Å². The summed E-state index contributed by atoms with van der Waals surface area (Å²) < 4.78 is 49.0. The van der Waals surface area contributed by atoms with Gasteiger partial charge in [-0.3, -0.25) is 4.79 Å². The van der Waals surface area contributed by atoms with E-state index in [2.05, 4.69) is 4.72 Å². The average molecular weight is 363 g/mol. The molecule has 1 aromatic carbocycles. The highest BCUT2D eigenvalue weighted by molar-refractivity contribution is 7.90. The van der Waals surface area contributed by atoms with Crippen molar-refractivity contribution in [1.29, 1.82) is 0 Å². The minimum atomic E-state index is -3.99. The van der Waals surface area contributed by atoms with E-state index < -0.39 is 31.9 Å². The van der Waals surface area contributed by atoms with Crippen LogP contribution < -0.4 is 4.72 Å². The van der Waals surface area contributed by atoms with Crippen molar-refractivity contribution in [2.75, 3.05) is 6.26 Å². The highest BCUT2D eigenvalue weighted by atomic mass is 32.2. The highest BCUT2D eigenvalue weighted by Gasteiger charge is 2.26. The molecule has 0 aromatic heterocycles. The monoisotopic (exact) mass is 363 g/mol. The molecule has 0 amide bonds. The average Bonchev–Trinajstić information content (AvgIpc) is 2.35. The normalized spacial score (nSPS) is 13.9. The zero-order chi connectivity index (χ0) is 17.8. The standard InChI is InChI=1S/C14H21NO6S2/c1-10(2)8-13(14(16)17)15-23(20,21)12-6-4-11(5-7-12)9-22(3,18)19/h4-7,10,13,15H,8-9H2,1-3H3,(H,16,17)/t13-/m0/s1. The Kier molecular flexibility index (Phi) is 6.32. The highest BCUT2D eigenvalue weighted by Crippen LogP contribution is 2.14. The van der Waals surface area contributed by atoms with Crippen LogP contribution in [0.2, 0.25) is 0 Å². The Bertz CT molecular complexity index is 751. The molecule has 130 valence electrons. The van der Waals surface area contributed by atoms with Crippen molar-refractivity contribution < 1.29 is 26.7 Å². The van der Waals surface area contributed by atoms with E-state index >= 15 is 0 Å². The summed E-state index contributed by atoms with van der Waals surface area (Å²) >= 11 is 0. The number of carbonyl (C=O) groups is 1. The number of hydrogen-bond acceptors (Lipinski definition) is 5. The summed E-state index contributed by atoms with van der Waals surface area (Å²) in [6.07, 6.45) is 1.25. The maximum atomic E-state index is 12.2. The maximum Gasteiger partial charge on any atom is 0.321 e. The van der Waals surface area contributed by atoms with E-state index in [1.807, 2.05) is 0 Å². The van der Waals surface area contributed by atoms with E-state index in [4.69, 9.17) is 5.11 Å². The lowest BCUT2D eigenvalue weighted by atomic mass is 10.1. The quantitative estimate of drug-likeness (QED) is 0.712. The number of carboxylic acids is 1. The van der Waals surface area contributed by atoms with Crippen LogP contribution in [0.5, 0.6) is 0 Å². The molecule has 7 nitrogen and oxygen atoms in total. The smallest absolute Gasteiger partial charge is 0.321 e. The molecule has 0 saturated heterocycles. The number of carboxylic acid groups (broad SMARTS) is 1. The second kappa shape index (κ2) is 7.41. The Hall–Kier alpha value is -1.45. The summed E-state index contributed by atoms with van der Waals surface area (Å²) in [5.74, 6) is -1.42. The van der Waals surface area contributed by atoms with E-state index in [0.717, 1.165) is 6.26 Å². The fraction of sp³-hybridized carbons (Fsp3) is 0.500. The lowest BCUT2D eigenvalue weighted by molar-refractivity contribution is -0.139. The number of aliphatic carboxylic acids is 1. The van der Waals surface area contributed by atoms with Gasteiger partial charge in [0.1, 0.15) is 6.04 Å². The van der Waals surface area contributed by atoms with Gasteiger partial charge in [-0.25, -0.2) is 16.8 Å². The van der Waals surface area contributed by atoms with Crippen molar-refractivity contribution in [3.05, 3.63) is 29.8 Å². The van der Waals surface area contributed by atoms with Crippen LogP contribution in [0.3, 0.4) is 0 Å². The van der Waals surface area contributed by atoms with Crippen LogP contribution in [-0.4, -0.2) is 40.2 Å². The van der Waals surface area contributed by atoms with E-state index in [-0.39, 0.29) is 23.0 Å². The Labute approximate surface area is 136 Å². The fourth-order valence-corrected chi connectivity index (χ4v) is 3.99. The second-order valence-electron chi connectivity index (χ2n) is 5.86. The molecule has 1 rings (SSSR count). The predicted molar refractivity (Wildman–Crippen MR) is 86.2 cm³/mol. The fourth-order valence-electron chi connectivity index (χ4n) is 1.99. The van der Waals surface area contributed by atoms with Crippen molar-refractivity contribution >= 4 is 25.8 Å². The number of rotatable bonds is 8. The van der Waals surface area contributed by atoms with E-state index in [1.165, 1.54) is 24.3 Å². The van der Waals surface area contributed by atoms with Crippen LogP contribution in [0.15, 0.2) is 29.2 Å². The lowest BCUT2D eigenvalue weighted by Gasteiger charge is -2.16. The molecular formula is C14H21NO6S2. The van der Waals surface area contributed by atoms with Crippen LogP contribution in [0.1, 0.15) is 25.8 Å². The Morgan fingerprint density at radius 3 is 2.04 bits per heavy atom. The second-order valence-corrected chi connectivity index (χ2v) is 9.71. The molecule has 0 aliphatic rings. The van der Waals surface area contributed by atoms with Crippen molar-refractivity contribution in [3.8, 4) is 0 Å². The van der Waals surface area contributed by atoms with Gasteiger partial charge in [0.15, 0.2) is 9.84 Å². The predicted octanol–water partition coefficient (Wildman–Crippen LogP) is 1.01. The van der Waals surface area contributed by atoms with Gasteiger partial charge in [0, 0.05) is 6.26 Å². The third-order valence-electron chi connectivity index (χ3n) is 2.97.